The Morgan fingerprint density at radius 1 is 1.60 bits per heavy atom. The summed E-state index contributed by atoms with van der Waals surface area (Å²) in [5, 5.41) is 14.7. The van der Waals surface area contributed by atoms with Crippen molar-refractivity contribution in [1.29, 1.82) is 0 Å². The molecule has 15 heavy (non-hydrogen) atoms. The van der Waals surface area contributed by atoms with Gasteiger partial charge in [-0.3, -0.25) is 9.67 Å². The van der Waals surface area contributed by atoms with Gasteiger partial charge in [0.05, 0.1) is 23.9 Å². The van der Waals surface area contributed by atoms with Gasteiger partial charge < -0.3 is 9.90 Å². The highest BCUT2D eigenvalue weighted by Crippen LogP contribution is 2.21. The van der Waals surface area contributed by atoms with Crippen molar-refractivity contribution in [3.8, 4) is 0 Å². The fraction of sp³-hybridized carbons (Fsp3) is 0.300. The predicted octanol–water partition coefficient (Wildman–Crippen LogP) is -0.684. The molecule has 5 heteroatoms. The minimum Gasteiger partial charge on any atom is -0.543 e. The summed E-state index contributed by atoms with van der Waals surface area (Å²) in [6, 6.07) is 0. The van der Waals surface area contributed by atoms with E-state index in [9.17, 15) is 9.90 Å². The van der Waals surface area contributed by atoms with Crippen LogP contribution >= 0.6 is 0 Å². The maximum Gasteiger partial charge on any atom is 0.0895 e. The molecule has 78 valence electrons. The largest absolute Gasteiger partial charge is 0.543 e. The monoisotopic (exact) mass is 204 g/mol. The van der Waals surface area contributed by atoms with Gasteiger partial charge in [0.1, 0.15) is 0 Å². The molecule has 0 N–H and O–H groups in total. The number of aromatic nitrogens is 2. The van der Waals surface area contributed by atoms with Crippen LogP contribution in [-0.4, -0.2) is 28.0 Å². The first kappa shape index (κ1) is 9.64. The van der Waals surface area contributed by atoms with Crippen LogP contribution in [0.5, 0.6) is 0 Å². The number of hydrogen-bond donors (Lipinski definition) is 0. The van der Waals surface area contributed by atoms with Crippen LogP contribution in [0.2, 0.25) is 0 Å². The molecule has 2 heterocycles. The van der Waals surface area contributed by atoms with Crippen molar-refractivity contribution in [1.82, 2.24) is 9.78 Å². The minimum atomic E-state index is -1.23. The second-order valence-corrected chi connectivity index (χ2v) is 3.46. The fourth-order valence-electron chi connectivity index (χ4n) is 1.63. The number of hydrogen-bond acceptors (Lipinski definition) is 4. The number of carbonyl (C=O) groups excluding carboxylic acids is 1. The molecule has 1 aromatic heterocycles. The molecule has 0 amide bonds. The van der Waals surface area contributed by atoms with E-state index in [1.54, 1.807) is 10.8 Å². The molecule has 2 rings (SSSR count). The molecule has 0 radical (unpaired) electrons. The topological polar surface area (TPSA) is 70.3 Å². The zero-order chi connectivity index (χ0) is 11.0. The fourth-order valence-corrected chi connectivity index (χ4v) is 1.63. The Labute approximate surface area is 86.7 Å². The summed E-state index contributed by atoms with van der Waals surface area (Å²) in [5.74, 6) is -1.23. The highest BCUT2D eigenvalue weighted by atomic mass is 16.4. The summed E-state index contributed by atoms with van der Waals surface area (Å²) in [7, 11) is 1.83. The van der Waals surface area contributed by atoms with Crippen molar-refractivity contribution in [3.05, 3.63) is 23.5 Å². The quantitative estimate of drug-likeness (QED) is 0.640. The Hall–Kier alpha value is -1.91. The third-order valence-electron chi connectivity index (χ3n) is 2.30. The number of carboxylic acids is 1. The zero-order valence-electron chi connectivity index (χ0n) is 8.52. The molecule has 0 bridgehead atoms. The first-order valence-corrected chi connectivity index (χ1v) is 4.55. The van der Waals surface area contributed by atoms with Gasteiger partial charge in [-0.1, -0.05) is 0 Å². The molecular formula is C10H10N3O2-. The Morgan fingerprint density at radius 3 is 2.80 bits per heavy atom. The maximum atomic E-state index is 10.6. The Balaban J connectivity index is 2.33. The predicted molar refractivity (Wildman–Crippen MR) is 53.2 cm³/mol. The third kappa shape index (κ3) is 1.68. The van der Waals surface area contributed by atoms with Crippen LogP contribution in [0.1, 0.15) is 11.3 Å². The van der Waals surface area contributed by atoms with Crippen molar-refractivity contribution in [2.24, 2.45) is 12.0 Å². The highest BCUT2D eigenvalue weighted by Gasteiger charge is 2.14. The Kier molecular flexibility index (Phi) is 2.15. The summed E-state index contributed by atoms with van der Waals surface area (Å²) < 4.78 is 1.70. The van der Waals surface area contributed by atoms with E-state index in [0.717, 1.165) is 16.8 Å². The Bertz CT molecular complexity index is 483. The van der Waals surface area contributed by atoms with Crippen LogP contribution in [0.4, 0.5) is 0 Å². The van der Waals surface area contributed by atoms with Gasteiger partial charge in [-0.05, 0) is 18.6 Å². The van der Waals surface area contributed by atoms with Crippen molar-refractivity contribution in [3.63, 3.8) is 0 Å². The molecule has 1 aliphatic rings. The van der Waals surface area contributed by atoms with E-state index in [1.807, 2.05) is 20.2 Å². The molecule has 0 saturated carbocycles. The van der Waals surface area contributed by atoms with Crippen LogP contribution in [0.15, 0.2) is 17.3 Å². The maximum absolute atomic E-state index is 10.6. The molecule has 0 saturated heterocycles. The molecule has 0 fully saturated rings. The van der Waals surface area contributed by atoms with Crippen LogP contribution < -0.4 is 5.11 Å². The minimum absolute atomic E-state index is 0.00764. The molecule has 5 nitrogen and oxygen atoms in total. The normalized spacial score (nSPS) is 15.1. The van der Waals surface area contributed by atoms with Crippen molar-refractivity contribution < 1.29 is 9.90 Å². The number of aryl methyl sites for hydroxylation is 2. The van der Waals surface area contributed by atoms with Crippen molar-refractivity contribution in [2.45, 2.75) is 6.92 Å². The molecule has 0 aliphatic carbocycles. The SMILES string of the molecule is Cc1nn(C)cc1C1=CC(C(=O)[O-])=NC1. The molecule has 0 unspecified atom stereocenters. The van der Waals surface area contributed by atoms with E-state index >= 15 is 0 Å². The average molecular weight is 204 g/mol. The standard InChI is InChI=1S/C10H11N3O2/c1-6-8(5-13(2)12-6)7-3-9(10(14)15)11-4-7/h3,5H,4H2,1-2H3,(H,14,15)/p-1. The van der Waals surface area contributed by atoms with E-state index in [4.69, 9.17) is 0 Å². The van der Waals surface area contributed by atoms with Gasteiger partial charge in [0.25, 0.3) is 0 Å². The summed E-state index contributed by atoms with van der Waals surface area (Å²) in [4.78, 5) is 14.4. The van der Waals surface area contributed by atoms with Crippen molar-refractivity contribution in [2.75, 3.05) is 6.54 Å². The molecule has 1 aromatic rings. The smallest absolute Gasteiger partial charge is 0.0895 e. The Morgan fingerprint density at radius 2 is 2.33 bits per heavy atom. The molecule has 0 aromatic carbocycles. The number of nitrogens with zero attached hydrogens (tertiary/aromatic N) is 3. The van der Waals surface area contributed by atoms with Crippen LogP contribution in [0.3, 0.4) is 0 Å². The number of carbonyl (C=O) groups is 1. The van der Waals surface area contributed by atoms with Gasteiger partial charge in [-0.25, -0.2) is 0 Å². The summed E-state index contributed by atoms with van der Waals surface area (Å²) in [6.45, 7) is 2.27. The molecular weight excluding hydrogens is 194 g/mol. The van der Waals surface area contributed by atoms with Crippen LogP contribution in [0, 0.1) is 6.92 Å². The second-order valence-electron chi connectivity index (χ2n) is 3.46. The molecule has 0 spiro atoms. The summed E-state index contributed by atoms with van der Waals surface area (Å²) in [5.41, 5.74) is 2.70. The van der Waals surface area contributed by atoms with Gasteiger partial charge in [-0.2, -0.15) is 5.10 Å². The average Bonchev–Trinajstić information content (AvgIpc) is 2.71. The molecule has 0 atom stereocenters. The van der Waals surface area contributed by atoms with Gasteiger partial charge in [-0.15, -0.1) is 0 Å². The lowest BCUT2D eigenvalue weighted by Gasteiger charge is -1.96. The number of aliphatic imine (C=N–C) groups is 1. The van der Waals surface area contributed by atoms with E-state index in [-0.39, 0.29) is 5.71 Å². The first-order chi connectivity index (χ1) is 7.08. The van der Waals surface area contributed by atoms with E-state index in [2.05, 4.69) is 10.1 Å². The number of aliphatic carboxylic acids is 1. The number of carboxylic acid groups (broad SMARTS) is 1. The van der Waals surface area contributed by atoms with Crippen LogP contribution in [0.25, 0.3) is 5.57 Å². The lowest BCUT2D eigenvalue weighted by atomic mass is 10.1. The van der Waals surface area contributed by atoms with Crippen molar-refractivity contribution >= 4 is 17.3 Å². The van der Waals surface area contributed by atoms with Gasteiger partial charge in [0, 0.05) is 18.8 Å². The zero-order valence-corrected chi connectivity index (χ0v) is 8.52. The van der Waals surface area contributed by atoms with Gasteiger partial charge in [0.15, 0.2) is 0 Å². The van der Waals surface area contributed by atoms with Gasteiger partial charge in [0.2, 0.25) is 0 Å². The van der Waals surface area contributed by atoms with Gasteiger partial charge >= 0.3 is 0 Å². The second kappa shape index (κ2) is 3.34. The highest BCUT2D eigenvalue weighted by molar-refractivity contribution is 6.41. The number of rotatable bonds is 2. The third-order valence-corrected chi connectivity index (χ3v) is 2.30. The summed E-state index contributed by atoms with van der Waals surface area (Å²) >= 11 is 0. The van der Waals surface area contributed by atoms with Crippen LogP contribution in [-0.2, 0) is 11.8 Å². The lowest BCUT2D eigenvalue weighted by Crippen LogP contribution is -2.29. The van der Waals surface area contributed by atoms with E-state index in [1.165, 1.54) is 0 Å². The summed E-state index contributed by atoms with van der Waals surface area (Å²) in [6.07, 6.45) is 3.40. The first-order valence-electron chi connectivity index (χ1n) is 4.55. The molecule has 1 aliphatic heterocycles. The lowest BCUT2D eigenvalue weighted by molar-refractivity contribution is -0.293. The van der Waals surface area contributed by atoms with E-state index < -0.39 is 5.97 Å². The van der Waals surface area contributed by atoms with E-state index in [0.29, 0.717) is 6.54 Å².